The summed E-state index contributed by atoms with van der Waals surface area (Å²) in [6, 6.07) is 6.09. The number of thioether (sulfide) groups is 1. The van der Waals surface area contributed by atoms with Crippen LogP contribution in [0, 0.1) is 6.92 Å². The zero-order valence-corrected chi connectivity index (χ0v) is 13.4. The number of aliphatic carboxylic acids is 1. The minimum absolute atomic E-state index is 0.539. The second-order valence-corrected chi connectivity index (χ2v) is 6.41. The molecule has 0 fully saturated rings. The fourth-order valence-electron chi connectivity index (χ4n) is 2.18. The predicted molar refractivity (Wildman–Crippen MR) is 85.9 cm³/mol. The predicted octanol–water partition coefficient (Wildman–Crippen LogP) is 2.81. The molecule has 6 heteroatoms. The highest BCUT2D eigenvalue weighted by molar-refractivity contribution is 7.99. The Morgan fingerprint density at radius 3 is 2.95 bits per heavy atom. The van der Waals surface area contributed by atoms with Crippen LogP contribution in [0.5, 0.6) is 0 Å². The largest absolute Gasteiger partial charge is 0.480 e. The minimum atomic E-state index is -0.885. The average Bonchev–Trinajstić information content (AvgIpc) is 2.80. The summed E-state index contributed by atoms with van der Waals surface area (Å²) in [7, 11) is 0. The summed E-state index contributed by atoms with van der Waals surface area (Å²) in [6.07, 6.45) is 0.539. The number of imidazole rings is 1. The number of aromatic amines is 1. The Labute approximate surface area is 128 Å². The Balaban J connectivity index is 1.99. The van der Waals surface area contributed by atoms with Crippen molar-refractivity contribution in [3.8, 4) is 0 Å². The number of nitrogens with one attached hydrogen (secondary N) is 2. The molecule has 3 N–H and O–H groups in total. The maximum Gasteiger partial charge on any atom is 0.323 e. The summed E-state index contributed by atoms with van der Waals surface area (Å²) in [5, 5.41) is 13.2. The van der Waals surface area contributed by atoms with E-state index in [9.17, 15) is 9.90 Å². The Kier molecular flexibility index (Phi) is 4.90. The van der Waals surface area contributed by atoms with Crippen LogP contribution in [0.3, 0.4) is 0 Å². The van der Waals surface area contributed by atoms with Crippen molar-refractivity contribution in [3.05, 3.63) is 23.8 Å². The lowest BCUT2D eigenvalue weighted by Gasteiger charge is -2.25. The first-order valence-corrected chi connectivity index (χ1v) is 8.01. The molecule has 21 heavy (non-hydrogen) atoms. The lowest BCUT2D eigenvalue weighted by atomic mass is 9.99. The van der Waals surface area contributed by atoms with Crippen LogP contribution in [0.25, 0.3) is 11.0 Å². The monoisotopic (exact) mass is 307 g/mol. The van der Waals surface area contributed by atoms with Gasteiger partial charge in [-0.05, 0) is 44.5 Å². The number of H-pyrrole nitrogens is 1. The molecule has 0 spiro atoms. The smallest absolute Gasteiger partial charge is 0.323 e. The second-order valence-electron chi connectivity index (χ2n) is 5.33. The van der Waals surface area contributed by atoms with E-state index in [4.69, 9.17) is 0 Å². The first kappa shape index (κ1) is 15.9. The van der Waals surface area contributed by atoms with E-state index in [2.05, 4.69) is 21.4 Å². The molecule has 1 aromatic heterocycles. The Bertz CT molecular complexity index is 641. The van der Waals surface area contributed by atoms with Gasteiger partial charge in [-0.25, -0.2) is 4.98 Å². The third-order valence-corrected chi connectivity index (χ3v) is 4.37. The number of benzene rings is 1. The first-order chi connectivity index (χ1) is 9.94. The van der Waals surface area contributed by atoms with Crippen LogP contribution >= 0.6 is 11.8 Å². The molecule has 0 saturated carbocycles. The Morgan fingerprint density at radius 2 is 2.29 bits per heavy atom. The van der Waals surface area contributed by atoms with Gasteiger partial charge in [0.2, 0.25) is 0 Å². The van der Waals surface area contributed by atoms with E-state index in [1.165, 1.54) is 5.56 Å². The number of rotatable bonds is 7. The fraction of sp³-hybridized carbons (Fsp3) is 0.467. The fourth-order valence-corrected chi connectivity index (χ4v) is 3.23. The van der Waals surface area contributed by atoms with E-state index in [1.54, 1.807) is 18.7 Å². The van der Waals surface area contributed by atoms with Gasteiger partial charge in [0.05, 0.1) is 11.0 Å². The van der Waals surface area contributed by atoms with E-state index in [0.29, 0.717) is 18.7 Å². The van der Waals surface area contributed by atoms with Gasteiger partial charge in [-0.1, -0.05) is 24.8 Å². The Morgan fingerprint density at radius 1 is 1.52 bits per heavy atom. The van der Waals surface area contributed by atoms with Crippen molar-refractivity contribution in [1.29, 1.82) is 0 Å². The van der Waals surface area contributed by atoms with Crippen molar-refractivity contribution in [1.82, 2.24) is 15.3 Å². The van der Waals surface area contributed by atoms with Gasteiger partial charge >= 0.3 is 5.97 Å². The van der Waals surface area contributed by atoms with Crippen molar-refractivity contribution in [2.75, 3.05) is 12.3 Å². The molecule has 0 bridgehead atoms. The van der Waals surface area contributed by atoms with Crippen LogP contribution in [0.4, 0.5) is 0 Å². The third-order valence-electron chi connectivity index (χ3n) is 3.50. The molecule has 0 aliphatic carbocycles. The second kappa shape index (κ2) is 6.49. The van der Waals surface area contributed by atoms with Gasteiger partial charge in [0.25, 0.3) is 0 Å². The zero-order valence-electron chi connectivity index (χ0n) is 12.6. The summed E-state index contributed by atoms with van der Waals surface area (Å²) in [5.41, 5.74) is 2.26. The summed E-state index contributed by atoms with van der Waals surface area (Å²) >= 11 is 1.55. The molecular weight excluding hydrogens is 286 g/mol. The zero-order chi connectivity index (χ0) is 15.5. The van der Waals surface area contributed by atoms with Gasteiger partial charge in [-0.3, -0.25) is 4.79 Å². The quantitative estimate of drug-likeness (QED) is 0.686. The van der Waals surface area contributed by atoms with Gasteiger partial charge in [-0.15, -0.1) is 0 Å². The molecule has 1 heterocycles. The van der Waals surface area contributed by atoms with E-state index in [0.717, 1.165) is 16.2 Å². The van der Waals surface area contributed by atoms with Gasteiger partial charge < -0.3 is 15.4 Å². The lowest BCUT2D eigenvalue weighted by Crippen LogP contribution is -2.49. The topological polar surface area (TPSA) is 78.0 Å². The molecule has 0 aliphatic heterocycles. The number of carboxylic acids is 1. The van der Waals surface area contributed by atoms with E-state index in [-0.39, 0.29) is 0 Å². The number of hydrogen-bond acceptors (Lipinski definition) is 4. The third kappa shape index (κ3) is 3.77. The van der Waals surface area contributed by atoms with Crippen molar-refractivity contribution in [2.24, 2.45) is 0 Å². The number of likely N-dealkylation sites (N-methyl/N-ethyl adjacent to an activating group) is 1. The molecule has 2 aromatic rings. The molecule has 0 radical (unpaired) electrons. The van der Waals surface area contributed by atoms with Crippen LogP contribution in [-0.4, -0.2) is 38.9 Å². The number of aromatic nitrogens is 2. The first-order valence-electron chi connectivity index (χ1n) is 7.02. The summed E-state index contributed by atoms with van der Waals surface area (Å²) < 4.78 is 0. The average molecular weight is 307 g/mol. The molecule has 114 valence electrons. The molecule has 0 amide bonds. The lowest BCUT2D eigenvalue weighted by molar-refractivity contribution is -0.144. The maximum absolute atomic E-state index is 11.3. The summed E-state index contributed by atoms with van der Waals surface area (Å²) in [5.74, 6) is -0.126. The van der Waals surface area contributed by atoms with E-state index < -0.39 is 11.5 Å². The number of hydrogen-bond donors (Lipinski definition) is 3. The molecular formula is C15H21N3O2S. The van der Waals surface area contributed by atoms with Crippen molar-refractivity contribution in [2.45, 2.75) is 37.9 Å². The normalized spacial score (nSPS) is 14.2. The molecule has 1 atom stereocenters. The number of fused-ring (bicyclic) bond motifs is 1. The molecule has 2 rings (SSSR count). The molecule has 5 nitrogen and oxygen atoms in total. The van der Waals surface area contributed by atoms with Crippen LogP contribution in [0.2, 0.25) is 0 Å². The van der Waals surface area contributed by atoms with Gasteiger partial charge in [-0.2, -0.15) is 0 Å². The highest BCUT2D eigenvalue weighted by atomic mass is 32.2. The van der Waals surface area contributed by atoms with Crippen LogP contribution < -0.4 is 5.32 Å². The SMILES string of the molecule is CCNC(C)(CCSc1nc2ccc(C)cc2[nH]1)C(=O)O. The molecule has 1 unspecified atom stereocenters. The molecule has 1 aromatic carbocycles. The Hall–Kier alpha value is -1.53. The van der Waals surface area contributed by atoms with Crippen LogP contribution in [0.1, 0.15) is 25.8 Å². The van der Waals surface area contributed by atoms with Crippen LogP contribution in [-0.2, 0) is 4.79 Å². The van der Waals surface area contributed by atoms with E-state index in [1.807, 2.05) is 26.0 Å². The van der Waals surface area contributed by atoms with Crippen LogP contribution in [0.15, 0.2) is 23.4 Å². The summed E-state index contributed by atoms with van der Waals surface area (Å²) in [6.45, 7) is 6.32. The van der Waals surface area contributed by atoms with Crippen molar-refractivity contribution < 1.29 is 9.90 Å². The number of carboxylic acid groups (broad SMARTS) is 1. The minimum Gasteiger partial charge on any atom is -0.480 e. The van der Waals surface area contributed by atoms with Crippen molar-refractivity contribution in [3.63, 3.8) is 0 Å². The van der Waals surface area contributed by atoms with Gasteiger partial charge in [0, 0.05) is 5.75 Å². The number of nitrogens with zero attached hydrogens (tertiary/aromatic N) is 1. The number of aryl methyl sites for hydroxylation is 1. The van der Waals surface area contributed by atoms with E-state index >= 15 is 0 Å². The summed E-state index contributed by atoms with van der Waals surface area (Å²) in [4.78, 5) is 19.1. The number of carbonyl (C=O) groups is 1. The van der Waals surface area contributed by atoms with Gasteiger partial charge in [0.15, 0.2) is 5.16 Å². The molecule has 0 saturated heterocycles. The highest BCUT2D eigenvalue weighted by Crippen LogP contribution is 2.23. The van der Waals surface area contributed by atoms with Crippen molar-refractivity contribution >= 4 is 28.8 Å². The standard InChI is InChI=1S/C15H21N3O2S/c1-4-16-15(3,13(19)20)7-8-21-14-17-11-6-5-10(2)9-12(11)18-14/h5-6,9,16H,4,7-8H2,1-3H3,(H,17,18)(H,19,20). The molecule has 0 aliphatic rings. The maximum atomic E-state index is 11.3. The highest BCUT2D eigenvalue weighted by Gasteiger charge is 2.31. The van der Waals surface area contributed by atoms with Gasteiger partial charge in [0.1, 0.15) is 5.54 Å².